The standard InChI is InChI=1S/C25H18N6O3/c26-23-18(16-5-2-6-20-19(16)11-30-31-20)10-17(24-22(23)25(32)29-13-28-24)14-3-1-4-15(9-14)34-12-21-27-7-8-33-21/h1-11,13,18,26H,12H2,(H,30,31)(H,28,29,32). The van der Waals surface area contributed by atoms with E-state index >= 15 is 0 Å². The second-order valence-electron chi connectivity index (χ2n) is 7.85. The molecule has 9 nitrogen and oxygen atoms in total. The van der Waals surface area contributed by atoms with Gasteiger partial charge >= 0.3 is 0 Å². The first kappa shape index (κ1) is 19.9. The molecule has 0 radical (unpaired) electrons. The molecule has 9 heteroatoms. The molecule has 1 aliphatic carbocycles. The van der Waals surface area contributed by atoms with Crippen LogP contribution in [0.1, 0.15) is 34.2 Å². The molecule has 0 spiro atoms. The van der Waals surface area contributed by atoms with Crippen LogP contribution < -0.4 is 10.3 Å². The zero-order valence-electron chi connectivity index (χ0n) is 17.8. The first-order chi connectivity index (χ1) is 16.7. The van der Waals surface area contributed by atoms with Crippen molar-refractivity contribution in [1.82, 2.24) is 25.1 Å². The summed E-state index contributed by atoms with van der Waals surface area (Å²) in [7, 11) is 0. The molecule has 1 unspecified atom stereocenters. The lowest BCUT2D eigenvalue weighted by Crippen LogP contribution is -2.28. The van der Waals surface area contributed by atoms with Gasteiger partial charge in [0.25, 0.3) is 5.56 Å². The van der Waals surface area contributed by atoms with Crippen LogP contribution in [0.3, 0.4) is 0 Å². The number of hydrogen-bond donors (Lipinski definition) is 3. The molecule has 1 atom stereocenters. The number of nitrogens with one attached hydrogen (secondary N) is 3. The highest BCUT2D eigenvalue weighted by molar-refractivity contribution is 6.12. The Kier molecular flexibility index (Phi) is 4.65. The number of rotatable bonds is 5. The van der Waals surface area contributed by atoms with Crippen LogP contribution in [0.2, 0.25) is 0 Å². The Hall–Kier alpha value is -4.79. The Morgan fingerprint density at radius 1 is 1.15 bits per heavy atom. The number of H-pyrrole nitrogens is 2. The van der Waals surface area contributed by atoms with Gasteiger partial charge in [0.15, 0.2) is 6.61 Å². The molecule has 6 rings (SSSR count). The van der Waals surface area contributed by atoms with E-state index in [-0.39, 0.29) is 23.4 Å². The monoisotopic (exact) mass is 450 g/mol. The van der Waals surface area contributed by atoms with E-state index in [0.717, 1.165) is 27.6 Å². The zero-order valence-corrected chi connectivity index (χ0v) is 17.8. The highest BCUT2D eigenvalue weighted by Crippen LogP contribution is 2.38. The van der Waals surface area contributed by atoms with Crippen molar-refractivity contribution in [3.8, 4) is 5.75 Å². The van der Waals surface area contributed by atoms with Crippen molar-refractivity contribution >= 4 is 22.2 Å². The molecular weight excluding hydrogens is 432 g/mol. The lowest BCUT2D eigenvalue weighted by atomic mass is 9.79. The van der Waals surface area contributed by atoms with Gasteiger partial charge in [-0.2, -0.15) is 5.10 Å². The van der Waals surface area contributed by atoms with E-state index in [9.17, 15) is 4.79 Å². The number of benzene rings is 2. The average molecular weight is 450 g/mol. The zero-order chi connectivity index (χ0) is 23.1. The Morgan fingerprint density at radius 2 is 2.06 bits per heavy atom. The predicted octanol–water partition coefficient (Wildman–Crippen LogP) is 3.81. The van der Waals surface area contributed by atoms with Gasteiger partial charge in [-0.3, -0.25) is 9.89 Å². The molecule has 3 aromatic heterocycles. The van der Waals surface area contributed by atoms with E-state index in [0.29, 0.717) is 17.3 Å². The number of hydrogen-bond acceptors (Lipinski definition) is 7. The van der Waals surface area contributed by atoms with E-state index in [1.54, 1.807) is 12.4 Å². The van der Waals surface area contributed by atoms with Crippen molar-refractivity contribution in [3.05, 3.63) is 112 Å². The van der Waals surface area contributed by atoms with Gasteiger partial charge < -0.3 is 19.5 Å². The summed E-state index contributed by atoms with van der Waals surface area (Å²) < 4.78 is 11.1. The molecular formula is C25H18N6O3. The second kappa shape index (κ2) is 7.96. The summed E-state index contributed by atoms with van der Waals surface area (Å²) >= 11 is 0. The van der Waals surface area contributed by atoms with E-state index in [2.05, 4.69) is 25.1 Å². The molecule has 34 heavy (non-hydrogen) atoms. The number of allylic oxidation sites excluding steroid dienone is 1. The van der Waals surface area contributed by atoms with Crippen molar-refractivity contribution in [1.29, 1.82) is 5.41 Å². The van der Waals surface area contributed by atoms with Gasteiger partial charge in [0.2, 0.25) is 5.89 Å². The van der Waals surface area contributed by atoms with Crippen LogP contribution >= 0.6 is 0 Å². The minimum absolute atomic E-state index is 0.193. The van der Waals surface area contributed by atoms with E-state index in [1.165, 1.54) is 12.6 Å². The smallest absolute Gasteiger partial charge is 0.260 e. The maximum absolute atomic E-state index is 12.8. The van der Waals surface area contributed by atoms with Crippen LogP contribution in [0.5, 0.6) is 5.75 Å². The van der Waals surface area contributed by atoms with Gasteiger partial charge in [-0.1, -0.05) is 30.3 Å². The number of ether oxygens (including phenoxy) is 1. The maximum atomic E-state index is 12.8. The Morgan fingerprint density at radius 3 is 2.94 bits per heavy atom. The van der Waals surface area contributed by atoms with Crippen LogP contribution in [0, 0.1) is 5.41 Å². The van der Waals surface area contributed by atoms with Crippen molar-refractivity contribution in [2.24, 2.45) is 0 Å². The molecule has 0 saturated heterocycles. The molecule has 3 heterocycles. The number of oxazole rings is 1. The SMILES string of the molecule is N=C1c2c(nc[nH]c2=O)C(c2cccc(OCc3ncco3)c2)=CC1c1cccc2[nH]ncc12. The molecule has 5 aromatic rings. The summed E-state index contributed by atoms with van der Waals surface area (Å²) in [4.78, 5) is 23.9. The summed E-state index contributed by atoms with van der Waals surface area (Å²) in [6, 6.07) is 13.3. The Balaban J connectivity index is 1.47. The number of fused-ring (bicyclic) bond motifs is 2. The highest BCUT2D eigenvalue weighted by Gasteiger charge is 2.31. The van der Waals surface area contributed by atoms with Crippen molar-refractivity contribution < 1.29 is 9.15 Å². The topological polar surface area (TPSA) is 134 Å². The molecule has 0 bridgehead atoms. The highest BCUT2D eigenvalue weighted by atomic mass is 16.5. The van der Waals surface area contributed by atoms with Crippen LogP contribution in [-0.2, 0) is 6.61 Å². The lowest BCUT2D eigenvalue weighted by molar-refractivity contribution is 0.263. The minimum Gasteiger partial charge on any atom is -0.484 e. The lowest BCUT2D eigenvalue weighted by Gasteiger charge is -2.25. The number of nitrogens with zero attached hydrogens (tertiary/aromatic N) is 3. The third kappa shape index (κ3) is 3.30. The maximum Gasteiger partial charge on any atom is 0.260 e. The molecule has 2 aromatic carbocycles. The average Bonchev–Trinajstić information content (AvgIpc) is 3.55. The molecule has 0 saturated carbocycles. The second-order valence-corrected chi connectivity index (χ2v) is 7.85. The number of aromatic amines is 2. The fraction of sp³-hybridized carbons (Fsp3) is 0.0800. The van der Waals surface area contributed by atoms with Crippen molar-refractivity contribution in [2.75, 3.05) is 0 Å². The normalized spacial score (nSPS) is 15.2. The molecule has 0 amide bonds. The molecule has 0 fully saturated rings. The van der Waals surface area contributed by atoms with Gasteiger partial charge in [0.05, 0.1) is 41.2 Å². The fourth-order valence-corrected chi connectivity index (χ4v) is 4.30. The van der Waals surface area contributed by atoms with Crippen LogP contribution in [-0.4, -0.2) is 30.9 Å². The Bertz CT molecular complexity index is 1610. The van der Waals surface area contributed by atoms with Gasteiger partial charge in [0.1, 0.15) is 12.0 Å². The van der Waals surface area contributed by atoms with Gasteiger partial charge in [0, 0.05) is 16.9 Å². The summed E-state index contributed by atoms with van der Waals surface area (Å²) in [5, 5.41) is 16.9. The number of aromatic nitrogens is 5. The van der Waals surface area contributed by atoms with Crippen LogP contribution in [0.25, 0.3) is 16.5 Å². The first-order valence-corrected chi connectivity index (χ1v) is 10.6. The first-order valence-electron chi connectivity index (χ1n) is 10.6. The van der Waals surface area contributed by atoms with Crippen molar-refractivity contribution in [2.45, 2.75) is 12.5 Å². The predicted molar refractivity (Wildman–Crippen MR) is 125 cm³/mol. The van der Waals surface area contributed by atoms with Gasteiger partial charge in [-0.25, -0.2) is 9.97 Å². The largest absolute Gasteiger partial charge is 0.484 e. The minimum atomic E-state index is -0.453. The van der Waals surface area contributed by atoms with Crippen LogP contribution in [0.4, 0.5) is 0 Å². The molecule has 166 valence electrons. The van der Waals surface area contributed by atoms with E-state index in [1.807, 2.05) is 48.5 Å². The third-order valence-corrected chi connectivity index (χ3v) is 5.87. The summed E-state index contributed by atoms with van der Waals surface area (Å²) in [5.74, 6) is 0.644. The third-order valence-electron chi connectivity index (χ3n) is 5.87. The van der Waals surface area contributed by atoms with Crippen LogP contribution in [0.15, 0.2) is 82.7 Å². The molecule has 0 aliphatic heterocycles. The van der Waals surface area contributed by atoms with Gasteiger partial charge in [-0.05, 0) is 29.3 Å². The quantitative estimate of drug-likeness (QED) is 0.373. The Labute approximate surface area is 192 Å². The fourth-order valence-electron chi connectivity index (χ4n) is 4.30. The summed E-state index contributed by atoms with van der Waals surface area (Å²) in [6.45, 7) is 0.194. The van der Waals surface area contributed by atoms with E-state index in [4.69, 9.17) is 14.6 Å². The van der Waals surface area contributed by atoms with E-state index < -0.39 is 5.92 Å². The summed E-state index contributed by atoms with van der Waals surface area (Å²) in [6.07, 6.45) is 8.15. The molecule has 1 aliphatic rings. The van der Waals surface area contributed by atoms with Gasteiger partial charge in [-0.15, -0.1) is 0 Å². The summed E-state index contributed by atoms with van der Waals surface area (Å²) in [5.41, 5.74) is 3.91. The van der Waals surface area contributed by atoms with Crippen molar-refractivity contribution in [3.63, 3.8) is 0 Å². The molecule has 3 N–H and O–H groups in total.